The molecule has 0 saturated carbocycles. The smallest absolute Gasteiger partial charge is 0.324 e. The molecule has 0 radical (unpaired) electrons. The van der Waals surface area contributed by atoms with Crippen LogP contribution in [0.15, 0.2) is 0 Å². The van der Waals surface area contributed by atoms with Crippen molar-refractivity contribution < 1.29 is 9.53 Å². The SMILES string of the molecule is C[C@@H]1[C@@H](Cl)CCCOC(=O)[C@@H]1Cl. The molecule has 0 unspecified atom stereocenters. The van der Waals surface area contributed by atoms with E-state index in [1.54, 1.807) is 0 Å². The number of alkyl halides is 2. The summed E-state index contributed by atoms with van der Waals surface area (Å²) in [7, 11) is 0. The van der Waals surface area contributed by atoms with Gasteiger partial charge < -0.3 is 4.74 Å². The Bertz CT molecular complexity index is 172. The van der Waals surface area contributed by atoms with Crippen molar-refractivity contribution in [2.24, 2.45) is 5.92 Å². The minimum absolute atomic E-state index is 0.0128. The highest BCUT2D eigenvalue weighted by Crippen LogP contribution is 2.25. The lowest BCUT2D eigenvalue weighted by Gasteiger charge is -2.24. The third kappa shape index (κ3) is 2.27. The van der Waals surface area contributed by atoms with E-state index >= 15 is 0 Å². The van der Waals surface area contributed by atoms with Gasteiger partial charge in [0.2, 0.25) is 0 Å². The van der Waals surface area contributed by atoms with Gasteiger partial charge in [-0.3, -0.25) is 4.79 Å². The lowest BCUT2D eigenvalue weighted by molar-refractivity contribution is -0.145. The van der Waals surface area contributed by atoms with Crippen molar-refractivity contribution in [3.8, 4) is 0 Å². The quantitative estimate of drug-likeness (QED) is 0.453. The summed E-state index contributed by atoms with van der Waals surface area (Å²) < 4.78 is 4.88. The Labute approximate surface area is 82.2 Å². The maximum absolute atomic E-state index is 11.1. The number of hydrogen-bond acceptors (Lipinski definition) is 2. The first-order valence-electron chi connectivity index (χ1n) is 4.07. The van der Waals surface area contributed by atoms with Crippen LogP contribution in [0, 0.1) is 5.92 Å². The zero-order chi connectivity index (χ0) is 9.14. The highest BCUT2D eigenvalue weighted by atomic mass is 35.5. The predicted octanol–water partition coefficient (Wildman–Crippen LogP) is 2.17. The van der Waals surface area contributed by atoms with E-state index in [0.717, 1.165) is 12.8 Å². The molecule has 0 aromatic rings. The highest BCUT2D eigenvalue weighted by molar-refractivity contribution is 6.31. The second kappa shape index (κ2) is 4.33. The molecule has 1 heterocycles. The molecule has 2 nitrogen and oxygen atoms in total. The molecule has 0 N–H and O–H groups in total. The normalized spacial score (nSPS) is 38.2. The van der Waals surface area contributed by atoms with Crippen molar-refractivity contribution in [3.05, 3.63) is 0 Å². The van der Waals surface area contributed by atoms with Gasteiger partial charge in [-0.1, -0.05) is 6.92 Å². The zero-order valence-corrected chi connectivity index (χ0v) is 8.44. The van der Waals surface area contributed by atoms with Crippen molar-refractivity contribution in [3.63, 3.8) is 0 Å². The Hall–Kier alpha value is 0.0500. The Morgan fingerprint density at radius 1 is 1.50 bits per heavy atom. The van der Waals surface area contributed by atoms with E-state index < -0.39 is 5.38 Å². The highest BCUT2D eigenvalue weighted by Gasteiger charge is 2.30. The molecule has 12 heavy (non-hydrogen) atoms. The number of rotatable bonds is 0. The van der Waals surface area contributed by atoms with Crippen LogP contribution in [0.4, 0.5) is 0 Å². The number of cyclic esters (lactones) is 1. The molecule has 0 spiro atoms. The number of halogens is 2. The first kappa shape index (κ1) is 10.1. The van der Waals surface area contributed by atoms with Gasteiger partial charge in [0, 0.05) is 5.38 Å². The summed E-state index contributed by atoms with van der Waals surface area (Å²) >= 11 is 11.8. The molecule has 0 aromatic heterocycles. The zero-order valence-electron chi connectivity index (χ0n) is 6.93. The lowest BCUT2D eigenvalue weighted by Crippen LogP contribution is -2.33. The number of carbonyl (C=O) groups excluding carboxylic acids is 1. The van der Waals surface area contributed by atoms with Gasteiger partial charge in [0.25, 0.3) is 0 Å². The van der Waals surface area contributed by atoms with Crippen molar-refractivity contribution in [1.29, 1.82) is 0 Å². The molecule has 0 aliphatic carbocycles. The molecule has 0 aromatic carbocycles. The minimum atomic E-state index is -0.590. The number of ether oxygens (including phenoxy) is 1. The summed E-state index contributed by atoms with van der Waals surface area (Å²) in [5.41, 5.74) is 0. The maximum Gasteiger partial charge on any atom is 0.324 e. The fourth-order valence-electron chi connectivity index (χ4n) is 1.19. The minimum Gasteiger partial charge on any atom is -0.465 e. The summed E-state index contributed by atoms with van der Waals surface area (Å²) in [4.78, 5) is 11.1. The first-order valence-corrected chi connectivity index (χ1v) is 4.95. The number of carbonyl (C=O) groups is 1. The van der Waals surface area contributed by atoms with E-state index in [4.69, 9.17) is 27.9 Å². The molecule has 1 fully saturated rings. The molecule has 3 atom stereocenters. The summed E-state index contributed by atoms with van der Waals surface area (Å²) in [5, 5.41) is -0.604. The van der Waals surface area contributed by atoms with Gasteiger partial charge >= 0.3 is 5.97 Å². The Balaban J connectivity index is 2.61. The predicted molar refractivity (Wildman–Crippen MR) is 48.6 cm³/mol. The average molecular weight is 211 g/mol. The fraction of sp³-hybridized carbons (Fsp3) is 0.875. The van der Waals surface area contributed by atoms with Crippen LogP contribution in [0.1, 0.15) is 19.8 Å². The van der Waals surface area contributed by atoms with Crippen molar-refractivity contribution in [2.75, 3.05) is 6.61 Å². The largest absolute Gasteiger partial charge is 0.465 e. The van der Waals surface area contributed by atoms with Crippen LogP contribution >= 0.6 is 23.2 Å². The topological polar surface area (TPSA) is 26.3 Å². The molecule has 70 valence electrons. The van der Waals surface area contributed by atoms with E-state index in [0.29, 0.717) is 6.61 Å². The van der Waals surface area contributed by atoms with Gasteiger partial charge in [-0.15, -0.1) is 23.2 Å². The third-order valence-electron chi connectivity index (χ3n) is 2.13. The van der Waals surface area contributed by atoms with E-state index in [9.17, 15) is 4.79 Å². The Morgan fingerprint density at radius 2 is 2.17 bits per heavy atom. The molecule has 1 saturated heterocycles. The third-order valence-corrected chi connectivity index (χ3v) is 3.32. The van der Waals surface area contributed by atoms with Crippen LogP contribution in [-0.4, -0.2) is 23.3 Å². The second-order valence-corrected chi connectivity index (χ2v) is 4.12. The van der Waals surface area contributed by atoms with Crippen LogP contribution < -0.4 is 0 Å². The molecule has 1 rings (SSSR count). The van der Waals surface area contributed by atoms with Crippen LogP contribution in [-0.2, 0) is 9.53 Å². The molecular weight excluding hydrogens is 199 g/mol. The maximum atomic E-state index is 11.1. The summed E-state index contributed by atoms with van der Waals surface area (Å²) in [6.45, 7) is 2.32. The second-order valence-electron chi connectivity index (χ2n) is 3.09. The number of esters is 1. The van der Waals surface area contributed by atoms with Gasteiger partial charge in [0.1, 0.15) is 5.38 Å². The lowest BCUT2D eigenvalue weighted by atomic mass is 9.98. The Morgan fingerprint density at radius 3 is 2.83 bits per heavy atom. The average Bonchev–Trinajstić information content (AvgIpc) is 2.07. The number of hydrogen-bond donors (Lipinski definition) is 0. The van der Waals surface area contributed by atoms with Gasteiger partial charge in [0.05, 0.1) is 6.61 Å². The van der Waals surface area contributed by atoms with Gasteiger partial charge in [-0.25, -0.2) is 0 Å². The van der Waals surface area contributed by atoms with E-state index in [1.165, 1.54) is 0 Å². The summed E-state index contributed by atoms with van der Waals surface area (Å²) in [6, 6.07) is 0. The van der Waals surface area contributed by atoms with Crippen LogP contribution in [0.25, 0.3) is 0 Å². The van der Waals surface area contributed by atoms with Crippen LogP contribution in [0.3, 0.4) is 0 Å². The molecule has 4 heteroatoms. The molecular formula is C8H12Cl2O2. The first-order chi connectivity index (χ1) is 5.63. The molecule has 1 aliphatic heterocycles. The van der Waals surface area contributed by atoms with Crippen molar-refractivity contribution >= 4 is 29.2 Å². The van der Waals surface area contributed by atoms with Gasteiger partial charge in [0.15, 0.2) is 0 Å². The van der Waals surface area contributed by atoms with E-state index in [1.807, 2.05) is 6.92 Å². The standard InChI is InChI=1S/C8H12Cl2O2/c1-5-6(9)3-2-4-12-8(11)7(5)10/h5-7H,2-4H2,1H3/t5-,6+,7-/m1/s1. The Kier molecular flexibility index (Phi) is 3.66. The summed E-state index contributed by atoms with van der Waals surface area (Å²) in [6.07, 6.45) is 1.69. The molecule has 0 amide bonds. The van der Waals surface area contributed by atoms with Crippen molar-refractivity contribution in [2.45, 2.75) is 30.5 Å². The van der Waals surface area contributed by atoms with Gasteiger partial charge in [-0.2, -0.15) is 0 Å². The summed E-state index contributed by atoms with van der Waals surface area (Å²) in [5.74, 6) is -0.351. The monoisotopic (exact) mass is 210 g/mol. The molecule has 1 aliphatic rings. The van der Waals surface area contributed by atoms with Crippen molar-refractivity contribution in [1.82, 2.24) is 0 Å². The fourth-order valence-corrected chi connectivity index (χ4v) is 1.80. The molecule has 0 bridgehead atoms. The van der Waals surface area contributed by atoms with E-state index in [2.05, 4.69) is 0 Å². The van der Waals surface area contributed by atoms with Gasteiger partial charge in [-0.05, 0) is 18.8 Å². The van der Waals surface area contributed by atoms with E-state index in [-0.39, 0.29) is 17.3 Å². The van der Waals surface area contributed by atoms with Crippen LogP contribution in [0.2, 0.25) is 0 Å². The van der Waals surface area contributed by atoms with Crippen LogP contribution in [0.5, 0.6) is 0 Å².